The first kappa shape index (κ1) is 18.2. The average Bonchev–Trinajstić information content (AvgIpc) is 2.73. The molecule has 0 atom stereocenters. The number of aromatic nitrogens is 3. The van der Waals surface area contributed by atoms with Gasteiger partial charge in [0.25, 0.3) is 5.91 Å². The minimum Gasteiger partial charge on any atom is -0.481 e. The largest absolute Gasteiger partial charge is 0.481 e. The molecule has 0 unspecified atom stereocenters. The van der Waals surface area contributed by atoms with Gasteiger partial charge in [-0.15, -0.1) is 0 Å². The molecule has 140 valence electrons. The Morgan fingerprint density at radius 1 is 1.19 bits per heavy atom. The minimum atomic E-state index is -0.134. The van der Waals surface area contributed by atoms with Crippen LogP contribution in [0, 0.1) is 0 Å². The Balaban J connectivity index is 1.72. The number of hydrogen-bond donors (Lipinski definition) is 1. The van der Waals surface area contributed by atoms with Gasteiger partial charge in [0.1, 0.15) is 0 Å². The highest BCUT2D eigenvalue weighted by Crippen LogP contribution is 2.21. The molecule has 0 aliphatic carbocycles. The van der Waals surface area contributed by atoms with Crippen molar-refractivity contribution in [2.45, 2.75) is 0 Å². The highest BCUT2D eigenvalue weighted by Gasteiger charge is 2.19. The van der Waals surface area contributed by atoms with Crippen LogP contribution in [0.25, 0.3) is 0 Å². The normalized spacial score (nSPS) is 13.0. The van der Waals surface area contributed by atoms with Gasteiger partial charge in [0, 0.05) is 25.4 Å². The number of carbonyl (C=O) groups excluding carboxylic acids is 1. The lowest BCUT2D eigenvalue weighted by atomic mass is 10.1. The zero-order chi connectivity index (χ0) is 19.2. The second kappa shape index (κ2) is 8.17. The van der Waals surface area contributed by atoms with Gasteiger partial charge in [-0.25, -0.2) is 0 Å². The van der Waals surface area contributed by atoms with E-state index >= 15 is 0 Å². The highest BCUT2D eigenvalue weighted by atomic mass is 16.5. The van der Waals surface area contributed by atoms with E-state index in [1.807, 2.05) is 6.07 Å². The van der Waals surface area contributed by atoms with Crippen LogP contribution in [0.1, 0.15) is 0 Å². The molecule has 0 saturated carbocycles. The Hall–Kier alpha value is -3.62. The van der Waals surface area contributed by atoms with Gasteiger partial charge in [0.05, 0.1) is 32.2 Å². The summed E-state index contributed by atoms with van der Waals surface area (Å²) in [5.41, 5.74) is 1.30. The number of pyridine rings is 1. The monoisotopic (exact) mass is 369 g/mol. The number of anilines is 1. The molecule has 9 nitrogen and oxygen atoms in total. The van der Waals surface area contributed by atoms with Crippen LogP contribution >= 0.6 is 0 Å². The summed E-state index contributed by atoms with van der Waals surface area (Å²) in [6.07, 6.45) is 6.62. The molecule has 0 radical (unpaired) electrons. The lowest BCUT2D eigenvalue weighted by Gasteiger charge is -2.21. The number of likely N-dealkylation sites (N-methyl/N-ethyl adjacent to an activating group) is 1. The van der Waals surface area contributed by atoms with Crippen LogP contribution in [0.15, 0.2) is 54.2 Å². The van der Waals surface area contributed by atoms with Gasteiger partial charge in [-0.3, -0.25) is 9.78 Å². The number of amides is 1. The van der Waals surface area contributed by atoms with E-state index in [-0.39, 0.29) is 11.9 Å². The molecule has 0 fully saturated rings. The molecule has 1 aliphatic rings. The van der Waals surface area contributed by atoms with Crippen molar-refractivity contribution in [1.82, 2.24) is 20.3 Å². The van der Waals surface area contributed by atoms with Crippen LogP contribution in [0.4, 0.5) is 5.69 Å². The predicted octanol–water partition coefficient (Wildman–Crippen LogP) is 1.30. The maximum absolute atomic E-state index is 12.6. The second-order valence-electron chi connectivity index (χ2n) is 5.49. The molecule has 9 heteroatoms. The summed E-state index contributed by atoms with van der Waals surface area (Å²) in [5, 5.41) is 3.03. The van der Waals surface area contributed by atoms with E-state index in [9.17, 15) is 4.79 Å². The fourth-order valence-corrected chi connectivity index (χ4v) is 2.32. The fraction of sp³-hybridized carbons (Fsp3) is 0.222. The van der Waals surface area contributed by atoms with Crippen molar-refractivity contribution in [1.29, 1.82) is 0 Å². The number of rotatable bonds is 6. The van der Waals surface area contributed by atoms with Crippen molar-refractivity contribution in [3.8, 4) is 17.8 Å². The third-order valence-corrected chi connectivity index (χ3v) is 3.78. The van der Waals surface area contributed by atoms with E-state index in [1.165, 1.54) is 19.1 Å². The Bertz CT molecular complexity index is 860. The van der Waals surface area contributed by atoms with Crippen LogP contribution in [-0.4, -0.2) is 48.7 Å². The highest BCUT2D eigenvalue weighted by molar-refractivity contribution is 6.05. The first-order valence-electron chi connectivity index (χ1n) is 8.08. The van der Waals surface area contributed by atoms with Gasteiger partial charge >= 0.3 is 6.01 Å². The van der Waals surface area contributed by atoms with Crippen molar-refractivity contribution in [2.24, 2.45) is 0 Å². The van der Waals surface area contributed by atoms with Crippen LogP contribution < -0.4 is 24.4 Å². The number of methoxy groups -OCH3 is 2. The van der Waals surface area contributed by atoms with E-state index in [4.69, 9.17) is 14.2 Å². The van der Waals surface area contributed by atoms with Gasteiger partial charge in [-0.2, -0.15) is 9.97 Å². The van der Waals surface area contributed by atoms with Gasteiger partial charge in [-0.1, -0.05) is 0 Å². The number of allylic oxidation sites excluding steroid dienone is 2. The molecule has 1 amide bonds. The lowest BCUT2D eigenvalue weighted by molar-refractivity contribution is -0.114. The molecule has 0 spiro atoms. The van der Waals surface area contributed by atoms with E-state index in [0.717, 1.165) is 0 Å². The smallest absolute Gasteiger partial charge is 0.329 e. The van der Waals surface area contributed by atoms with Crippen molar-refractivity contribution in [2.75, 3.05) is 32.7 Å². The number of dihydropyridines is 1. The van der Waals surface area contributed by atoms with E-state index in [2.05, 4.69) is 20.3 Å². The number of hydrogen-bond acceptors (Lipinski definition) is 8. The average molecular weight is 369 g/mol. The molecule has 1 aliphatic heterocycles. The Morgan fingerprint density at radius 3 is 2.48 bits per heavy atom. The van der Waals surface area contributed by atoms with Gasteiger partial charge in [0.2, 0.25) is 11.8 Å². The Kier molecular flexibility index (Phi) is 5.50. The van der Waals surface area contributed by atoms with E-state index in [0.29, 0.717) is 35.4 Å². The van der Waals surface area contributed by atoms with Crippen molar-refractivity contribution in [3.63, 3.8) is 0 Å². The maximum Gasteiger partial charge on any atom is 0.329 e. The van der Waals surface area contributed by atoms with Gasteiger partial charge in [-0.05, 0) is 24.3 Å². The van der Waals surface area contributed by atoms with Crippen LogP contribution in [-0.2, 0) is 4.79 Å². The van der Waals surface area contributed by atoms with Gasteiger partial charge in [0.15, 0.2) is 5.88 Å². The third-order valence-electron chi connectivity index (χ3n) is 3.78. The van der Waals surface area contributed by atoms with E-state index < -0.39 is 0 Å². The fourth-order valence-electron chi connectivity index (χ4n) is 2.32. The topological polar surface area (TPSA) is 98.7 Å². The molecule has 0 saturated heterocycles. The lowest BCUT2D eigenvalue weighted by Crippen LogP contribution is -2.34. The zero-order valence-electron chi connectivity index (χ0n) is 15.2. The summed E-state index contributed by atoms with van der Waals surface area (Å²) >= 11 is 0. The number of nitrogens with one attached hydrogen (secondary N) is 1. The molecule has 1 N–H and O–H groups in total. The number of ether oxygens (including phenoxy) is 3. The zero-order valence-corrected chi connectivity index (χ0v) is 15.2. The maximum atomic E-state index is 12.6. The molecule has 3 rings (SSSR count). The summed E-state index contributed by atoms with van der Waals surface area (Å²) < 4.78 is 15.8. The predicted molar refractivity (Wildman–Crippen MR) is 97.6 cm³/mol. The first-order chi connectivity index (χ1) is 13.1. The summed E-state index contributed by atoms with van der Waals surface area (Å²) in [4.78, 5) is 26.3. The SMILES string of the molecule is COc1cc(OC)nc(OC2=CC=C(C(=O)N(C)c3cccnc3)CN2)n1. The molecular formula is C18H19N5O4. The molecule has 0 bridgehead atoms. The molecular weight excluding hydrogens is 350 g/mol. The molecule has 0 aromatic carbocycles. The third kappa shape index (κ3) is 4.32. The number of nitrogens with zero attached hydrogens (tertiary/aromatic N) is 4. The molecule has 2 aromatic heterocycles. The standard InChI is InChI=1S/C18H19N5O4/c1-23(13-5-4-8-19-11-13)17(24)12-6-7-14(20-10-12)27-18-21-15(25-2)9-16(22-18)26-3/h4-9,11,20H,10H2,1-3H3. The minimum absolute atomic E-state index is 0.0700. The van der Waals surface area contributed by atoms with Crippen molar-refractivity contribution in [3.05, 3.63) is 54.2 Å². The summed E-state index contributed by atoms with van der Waals surface area (Å²) in [5.74, 6) is 0.909. The quantitative estimate of drug-likeness (QED) is 0.814. The Morgan fingerprint density at radius 2 is 1.93 bits per heavy atom. The number of carbonyl (C=O) groups is 1. The first-order valence-corrected chi connectivity index (χ1v) is 8.08. The van der Waals surface area contributed by atoms with Crippen molar-refractivity contribution >= 4 is 11.6 Å². The molecule has 3 heterocycles. The molecule has 27 heavy (non-hydrogen) atoms. The molecule has 2 aromatic rings. The van der Waals surface area contributed by atoms with Crippen molar-refractivity contribution < 1.29 is 19.0 Å². The Labute approximate surface area is 156 Å². The van der Waals surface area contributed by atoms with Crippen LogP contribution in [0.3, 0.4) is 0 Å². The summed E-state index contributed by atoms with van der Waals surface area (Å²) in [7, 11) is 4.68. The second-order valence-corrected chi connectivity index (χ2v) is 5.49. The van der Waals surface area contributed by atoms with Crippen LogP contribution in [0.2, 0.25) is 0 Å². The summed E-state index contributed by atoms with van der Waals surface area (Å²) in [6.45, 7) is 0.302. The van der Waals surface area contributed by atoms with Gasteiger partial charge < -0.3 is 24.4 Å². The van der Waals surface area contributed by atoms with E-state index in [1.54, 1.807) is 43.7 Å². The van der Waals surface area contributed by atoms with Crippen LogP contribution in [0.5, 0.6) is 17.8 Å². The summed E-state index contributed by atoms with van der Waals surface area (Å²) in [6, 6.07) is 5.21.